The highest BCUT2D eigenvalue weighted by Gasteiger charge is 2.24. The van der Waals surface area contributed by atoms with Crippen molar-refractivity contribution in [1.29, 1.82) is 0 Å². The second-order valence-electron chi connectivity index (χ2n) is 8.79. The van der Waals surface area contributed by atoms with Gasteiger partial charge in [0.2, 0.25) is 0 Å². The lowest BCUT2D eigenvalue weighted by Crippen LogP contribution is -2.24. The van der Waals surface area contributed by atoms with Gasteiger partial charge in [0, 0.05) is 23.0 Å². The third-order valence-electron chi connectivity index (χ3n) is 6.19. The predicted octanol–water partition coefficient (Wildman–Crippen LogP) is 5.68. The quantitative estimate of drug-likeness (QED) is 0.155. The molecule has 0 bridgehead atoms. The Morgan fingerprint density at radius 2 is 1.76 bits per heavy atom. The van der Waals surface area contributed by atoms with Crippen LogP contribution in [0.4, 0.5) is 11.4 Å². The van der Waals surface area contributed by atoms with Gasteiger partial charge in [0.05, 0.1) is 5.56 Å². The third-order valence-corrected chi connectivity index (χ3v) is 6.19. The van der Waals surface area contributed by atoms with Crippen LogP contribution in [0.1, 0.15) is 66.4 Å². The zero-order valence-corrected chi connectivity index (χ0v) is 19.6. The first-order valence-corrected chi connectivity index (χ1v) is 11.8. The molecule has 2 aromatic carbocycles. The molecule has 1 aliphatic rings. The fraction of sp³-hybridized carbons (Fsp3) is 0.357. The smallest absolute Gasteiger partial charge is 0.338 e. The fourth-order valence-corrected chi connectivity index (χ4v) is 4.15. The van der Waals surface area contributed by atoms with Crippen LogP contribution in [0.3, 0.4) is 0 Å². The number of unbranched alkanes of at least 4 members (excludes halogenated alkanes) is 1. The van der Waals surface area contributed by atoms with Crippen LogP contribution >= 0.6 is 0 Å². The predicted molar refractivity (Wildman–Crippen MR) is 136 cm³/mol. The molecular weight excluding hydrogens is 428 g/mol. The van der Waals surface area contributed by atoms with Crippen LogP contribution in [0.2, 0.25) is 0 Å². The number of hydrogen-bond donors (Lipinski definition) is 2. The molecule has 0 aliphatic heterocycles. The zero-order valence-electron chi connectivity index (χ0n) is 19.6. The first kappa shape index (κ1) is 25.1. The number of carbonyl (C=O) groups excluding carboxylic acids is 2. The van der Waals surface area contributed by atoms with Crippen molar-refractivity contribution >= 4 is 29.4 Å². The van der Waals surface area contributed by atoms with Gasteiger partial charge in [-0.05, 0) is 80.3 Å². The number of benzene rings is 2. The molecule has 0 spiro atoms. The molecule has 0 aromatic heterocycles. The van der Waals surface area contributed by atoms with Gasteiger partial charge in [0.1, 0.15) is 12.7 Å². The van der Waals surface area contributed by atoms with Crippen LogP contribution in [0.5, 0.6) is 0 Å². The van der Waals surface area contributed by atoms with Crippen LogP contribution in [-0.2, 0) is 20.9 Å². The van der Waals surface area contributed by atoms with Crippen LogP contribution in [-0.4, -0.2) is 18.0 Å². The Morgan fingerprint density at radius 1 is 1.03 bits per heavy atom. The SMILES string of the molecule is C=CCCCC1CCC(OC(=O)c2ccc(C=CC(=O)OCc3ccc(N)cc3N)cc2)CC1. The minimum atomic E-state index is -0.486. The molecule has 1 aliphatic carbocycles. The molecule has 0 atom stereocenters. The topological polar surface area (TPSA) is 105 Å². The lowest BCUT2D eigenvalue weighted by Gasteiger charge is -2.28. The molecule has 6 heteroatoms. The molecule has 2 aromatic rings. The van der Waals surface area contributed by atoms with Crippen molar-refractivity contribution in [1.82, 2.24) is 0 Å². The summed E-state index contributed by atoms with van der Waals surface area (Å²) in [5.41, 5.74) is 14.6. The van der Waals surface area contributed by atoms with E-state index in [-0.39, 0.29) is 18.7 Å². The number of ether oxygens (including phenoxy) is 2. The number of nitrogens with two attached hydrogens (primary N) is 2. The van der Waals surface area contributed by atoms with E-state index >= 15 is 0 Å². The van der Waals surface area contributed by atoms with Crippen molar-refractivity contribution in [2.75, 3.05) is 11.5 Å². The molecule has 1 saturated carbocycles. The number of carbonyl (C=O) groups is 2. The lowest BCUT2D eigenvalue weighted by molar-refractivity contribution is -0.138. The number of hydrogen-bond acceptors (Lipinski definition) is 6. The Hall–Kier alpha value is -3.54. The van der Waals surface area contributed by atoms with Crippen LogP contribution in [0, 0.1) is 5.92 Å². The first-order chi connectivity index (χ1) is 16.4. The molecule has 1 fully saturated rings. The highest BCUT2D eigenvalue weighted by atomic mass is 16.5. The summed E-state index contributed by atoms with van der Waals surface area (Å²) in [4.78, 5) is 24.5. The molecule has 0 heterocycles. The number of allylic oxidation sites excluding steroid dienone is 1. The van der Waals surface area contributed by atoms with Gasteiger partial charge in [-0.3, -0.25) is 0 Å². The minimum Gasteiger partial charge on any atom is -0.459 e. The molecule has 0 radical (unpaired) electrons. The van der Waals surface area contributed by atoms with Crippen LogP contribution in [0.25, 0.3) is 6.08 Å². The van der Waals surface area contributed by atoms with Crippen molar-refractivity contribution in [3.8, 4) is 0 Å². The summed E-state index contributed by atoms with van der Waals surface area (Å²) >= 11 is 0. The Bertz CT molecular complexity index is 1010. The molecule has 4 N–H and O–H groups in total. The molecule has 180 valence electrons. The number of nitrogen functional groups attached to an aromatic ring is 2. The normalized spacial score (nSPS) is 17.9. The molecule has 0 saturated heterocycles. The van der Waals surface area contributed by atoms with Crippen molar-refractivity contribution < 1.29 is 19.1 Å². The Morgan fingerprint density at radius 3 is 2.44 bits per heavy atom. The van der Waals surface area contributed by atoms with E-state index in [9.17, 15) is 9.59 Å². The maximum Gasteiger partial charge on any atom is 0.338 e. The first-order valence-electron chi connectivity index (χ1n) is 11.8. The second kappa shape index (κ2) is 12.6. The molecule has 0 amide bonds. The summed E-state index contributed by atoms with van der Waals surface area (Å²) in [7, 11) is 0. The van der Waals surface area contributed by atoms with Gasteiger partial charge in [-0.1, -0.05) is 30.7 Å². The minimum absolute atomic E-state index is 0.00686. The van der Waals surface area contributed by atoms with Gasteiger partial charge < -0.3 is 20.9 Å². The molecular formula is C28H34N2O4. The van der Waals surface area contributed by atoms with Gasteiger partial charge >= 0.3 is 11.9 Å². The van der Waals surface area contributed by atoms with E-state index in [2.05, 4.69) is 6.58 Å². The largest absolute Gasteiger partial charge is 0.459 e. The van der Waals surface area contributed by atoms with Crippen molar-refractivity contribution in [3.63, 3.8) is 0 Å². The number of esters is 2. The third kappa shape index (κ3) is 7.80. The van der Waals surface area contributed by atoms with E-state index < -0.39 is 5.97 Å². The average molecular weight is 463 g/mol. The van der Waals surface area contributed by atoms with E-state index in [1.807, 2.05) is 6.08 Å². The van der Waals surface area contributed by atoms with E-state index in [0.29, 0.717) is 22.5 Å². The van der Waals surface area contributed by atoms with E-state index in [1.54, 1.807) is 48.5 Å². The number of anilines is 2. The van der Waals surface area contributed by atoms with Gasteiger partial charge in [-0.25, -0.2) is 9.59 Å². The van der Waals surface area contributed by atoms with Crippen LogP contribution < -0.4 is 11.5 Å². The van der Waals surface area contributed by atoms with Gasteiger partial charge in [-0.2, -0.15) is 0 Å². The van der Waals surface area contributed by atoms with Gasteiger partial charge in [0.15, 0.2) is 0 Å². The highest BCUT2D eigenvalue weighted by Crippen LogP contribution is 2.30. The summed E-state index contributed by atoms with van der Waals surface area (Å²) in [5, 5.41) is 0. The summed E-state index contributed by atoms with van der Waals surface area (Å²) in [5.74, 6) is -0.0533. The van der Waals surface area contributed by atoms with Crippen molar-refractivity contribution in [3.05, 3.63) is 77.9 Å². The fourth-order valence-electron chi connectivity index (χ4n) is 4.15. The summed E-state index contributed by atoms with van der Waals surface area (Å²) < 4.78 is 10.9. The average Bonchev–Trinajstić information content (AvgIpc) is 2.84. The molecule has 6 nitrogen and oxygen atoms in total. The van der Waals surface area contributed by atoms with E-state index in [1.165, 1.54) is 18.9 Å². The van der Waals surface area contributed by atoms with E-state index in [4.69, 9.17) is 20.9 Å². The maximum absolute atomic E-state index is 12.5. The standard InChI is InChI=1S/C28H34N2O4/c1-2-3-4-5-20-8-15-25(16-9-20)34-28(32)22-11-6-21(7-12-22)10-17-27(31)33-19-23-13-14-24(29)18-26(23)30/h2,6-7,10-14,17-18,20,25H,1,3-5,8-9,15-16,19,29-30H2. The lowest BCUT2D eigenvalue weighted by atomic mass is 9.84. The van der Waals surface area contributed by atoms with E-state index in [0.717, 1.165) is 43.6 Å². The second-order valence-corrected chi connectivity index (χ2v) is 8.79. The Labute approximate surface area is 201 Å². The molecule has 34 heavy (non-hydrogen) atoms. The summed E-state index contributed by atoms with van der Waals surface area (Å²) in [6.45, 7) is 3.84. The Kier molecular flexibility index (Phi) is 9.32. The maximum atomic E-state index is 12.5. The van der Waals surface area contributed by atoms with Gasteiger partial charge in [-0.15, -0.1) is 6.58 Å². The van der Waals surface area contributed by atoms with Gasteiger partial charge in [0.25, 0.3) is 0 Å². The summed E-state index contributed by atoms with van der Waals surface area (Å²) in [6, 6.07) is 12.0. The summed E-state index contributed by atoms with van der Waals surface area (Å²) in [6.07, 6.45) is 12.5. The van der Waals surface area contributed by atoms with Crippen molar-refractivity contribution in [2.24, 2.45) is 5.92 Å². The van der Waals surface area contributed by atoms with Crippen molar-refractivity contribution in [2.45, 2.75) is 57.7 Å². The van der Waals surface area contributed by atoms with Crippen LogP contribution in [0.15, 0.2) is 61.2 Å². The molecule has 0 unspecified atom stereocenters. The monoisotopic (exact) mass is 462 g/mol. The molecule has 3 rings (SSSR count). The number of rotatable bonds is 10. The highest BCUT2D eigenvalue weighted by molar-refractivity contribution is 5.90. The zero-order chi connectivity index (χ0) is 24.3. The Balaban J connectivity index is 1.42.